The van der Waals surface area contributed by atoms with E-state index in [1.54, 1.807) is 52.1 Å². The van der Waals surface area contributed by atoms with Crippen LogP contribution in [0, 0.1) is 0 Å². The number of methoxy groups -OCH3 is 1. The molecule has 116 valence electrons. The summed E-state index contributed by atoms with van der Waals surface area (Å²) in [5, 5.41) is 5.26. The van der Waals surface area contributed by atoms with Gasteiger partial charge in [0.25, 0.3) is 0 Å². The number of rotatable bonds is 5. The molecule has 0 unspecified atom stereocenters. The lowest BCUT2D eigenvalue weighted by Crippen LogP contribution is -2.34. The molecule has 2 N–H and O–H groups in total. The van der Waals surface area contributed by atoms with Gasteiger partial charge in [0, 0.05) is 24.7 Å². The van der Waals surface area contributed by atoms with Gasteiger partial charge < -0.3 is 20.1 Å². The Morgan fingerprint density at radius 3 is 2.57 bits per heavy atom. The van der Waals surface area contributed by atoms with Crippen LogP contribution >= 0.6 is 0 Å². The van der Waals surface area contributed by atoms with Crippen LogP contribution in [0.25, 0.3) is 0 Å². The van der Waals surface area contributed by atoms with Gasteiger partial charge in [-0.1, -0.05) is 6.07 Å². The fourth-order valence-electron chi connectivity index (χ4n) is 1.52. The molecule has 0 heterocycles. The molecule has 0 spiro atoms. The maximum absolute atomic E-state index is 11.7. The molecular weight excluding hydrogens is 272 g/mol. The minimum atomic E-state index is -0.549. The number of alkyl carbamates (subject to hydrolysis) is 1. The lowest BCUT2D eigenvalue weighted by molar-refractivity contribution is -0.116. The highest BCUT2D eigenvalue weighted by Crippen LogP contribution is 2.16. The first-order valence-electron chi connectivity index (χ1n) is 6.71. The van der Waals surface area contributed by atoms with E-state index in [-0.39, 0.29) is 18.9 Å². The van der Waals surface area contributed by atoms with Crippen LogP contribution in [0.4, 0.5) is 10.5 Å². The molecule has 0 fully saturated rings. The average molecular weight is 294 g/mol. The Morgan fingerprint density at radius 1 is 1.24 bits per heavy atom. The van der Waals surface area contributed by atoms with Crippen LogP contribution in [0.2, 0.25) is 0 Å². The molecule has 21 heavy (non-hydrogen) atoms. The Hall–Kier alpha value is -2.24. The summed E-state index contributed by atoms with van der Waals surface area (Å²) in [6.07, 6.45) is -0.368. The van der Waals surface area contributed by atoms with Crippen LogP contribution in [-0.4, -0.2) is 31.3 Å². The van der Waals surface area contributed by atoms with Gasteiger partial charge in [0.2, 0.25) is 5.91 Å². The third-order valence-electron chi connectivity index (χ3n) is 2.37. The normalized spacial score (nSPS) is 10.7. The topological polar surface area (TPSA) is 76.7 Å². The molecule has 0 saturated carbocycles. The highest BCUT2D eigenvalue weighted by molar-refractivity contribution is 5.91. The van der Waals surface area contributed by atoms with E-state index in [1.165, 1.54) is 0 Å². The lowest BCUT2D eigenvalue weighted by Gasteiger charge is -2.19. The Kier molecular flexibility index (Phi) is 6.02. The van der Waals surface area contributed by atoms with E-state index in [1.807, 2.05) is 0 Å². The Bertz CT molecular complexity index is 495. The molecule has 0 aromatic heterocycles. The molecule has 6 nitrogen and oxygen atoms in total. The summed E-state index contributed by atoms with van der Waals surface area (Å²) < 4.78 is 10.1. The van der Waals surface area contributed by atoms with Crippen molar-refractivity contribution in [2.24, 2.45) is 0 Å². The van der Waals surface area contributed by atoms with Gasteiger partial charge in [0.1, 0.15) is 11.4 Å². The molecule has 6 heteroatoms. The van der Waals surface area contributed by atoms with E-state index >= 15 is 0 Å². The standard InChI is InChI=1S/C15H22N2O4/c1-15(2,3)21-14(19)16-9-8-13(18)17-11-6-5-7-12(10-11)20-4/h5-7,10H,8-9H2,1-4H3,(H,16,19)(H,17,18). The van der Waals surface area contributed by atoms with Crippen LogP contribution in [0.1, 0.15) is 27.2 Å². The first kappa shape index (κ1) is 16.8. The van der Waals surface area contributed by atoms with E-state index in [2.05, 4.69) is 10.6 Å². The molecule has 1 aromatic carbocycles. The number of nitrogens with one attached hydrogen (secondary N) is 2. The SMILES string of the molecule is COc1cccc(NC(=O)CCNC(=O)OC(C)(C)C)c1. The zero-order chi connectivity index (χ0) is 15.9. The average Bonchev–Trinajstić information content (AvgIpc) is 2.36. The number of carbonyl (C=O) groups is 2. The van der Waals surface area contributed by atoms with Crippen molar-refractivity contribution >= 4 is 17.7 Å². The van der Waals surface area contributed by atoms with E-state index in [4.69, 9.17) is 9.47 Å². The lowest BCUT2D eigenvalue weighted by atomic mass is 10.2. The second-order valence-corrected chi connectivity index (χ2v) is 5.46. The number of hydrogen-bond acceptors (Lipinski definition) is 4. The molecule has 1 rings (SSSR count). The van der Waals surface area contributed by atoms with Crippen LogP contribution in [0.5, 0.6) is 5.75 Å². The minimum absolute atomic E-state index is 0.163. The molecule has 2 amide bonds. The summed E-state index contributed by atoms with van der Waals surface area (Å²) in [7, 11) is 1.56. The predicted octanol–water partition coefficient (Wildman–Crippen LogP) is 2.55. The molecule has 0 atom stereocenters. The van der Waals surface area contributed by atoms with Gasteiger partial charge >= 0.3 is 6.09 Å². The maximum atomic E-state index is 11.7. The minimum Gasteiger partial charge on any atom is -0.497 e. The molecule has 0 bridgehead atoms. The first-order chi connectivity index (χ1) is 9.80. The summed E-state index contributed by atoms with van der Waals surface area (Å²) in [5.74, 6) is 0.471. The molecule has 0 aliphatic carbocycles. The van der Waals surface area contributed by atoms with Crippen molar-refractivity contribution in [3.05, 3.63) is 24.3 Å². The highest BCUT2D eigenvalue weighted by atomic mass is 16.6. The van der Waals surface area contributed by atoms with E-state index < -0.39 is 11.7 Å². The van der Waals surface area contributed by atoms with E-state index in [0.717, 1.165) is 0 Å². The van der Waals surface area contributed by atoms with Crippen LogP contribution in [-0.2, 0) is 9.53 Å². The zero-order valence-electron chi connectivity index (χ0n) is 12.9. The summed E-state index contributed by atoms with van der Waals surface area (Å²) in [6, 6.07) is 7.06. The predicted molar refractivity (Wildman–Crippen MR) is 80.5 cm³/mol. The summed E-state index contributed by atoms with van der Waals surface area (Å²) in [4.78, 5) is 23.1. The number of hydrogen-bond donors (Lipinski definition) is 2. The van der Waals surface area contributed by atoms with Gasteiger partial charge in [-0.05, 0) is 32.9 Å². The molecule has 0 aliphatic rings. The van der Waals surface area contributed by atoms with Crippen molar-refractivity contribution in [2.45, 2.75) is 32.8 Å². The van der Waals surface area contributed by atoms with Crippen molar-refractivity contribution in [1.29, 1.82) is 0 Å². The fraction of sp³-hybridized carbons (Fsp3) is 0.467. The zero-order valence-corrected chi connectivity index (χ0v) is 12.9. The molecule has 1 aromatic rings. The van der Waals surface area contributed by atoms with Crippen molar-refractivity contribution in [2.75, 3.05) is 19.0 Å². The quantitative estimate of drug-likeness (QED) is 0.875. The number of benzene rings is 1. The van der Waals surface area contributed by atoms with Gasteiger partial charge in [0.05, 0.1) is 7.11 Å². The number of anilines is 1. The second-order valence-electron chi connectivity index (χ2n) is 5.46. The van der Waals surface area contributed by atoms with Crippen molar-refractivity contribution in [3.8, 4) is 5.75 Å². The molecule has 0 radical (unpaired) electrons. The third-order valence-corrected chi connectivity index (χ3v) is 2.37. The maximum Gasteiger partial charge on any atom is 0.407 e. The Balaban J connectivity index is 2.32. The van der Waals surface area contributed by atoms with E-state index in [0.29, 0.717) is 11.4 Å². The number of carbonyl (C=O) groups excluding carboxylic acids is 2. The van der Waals surface area contributed by atoms with Gasteiger partial charge in [-0.25, -0.2) is 4.79 Å². The van der Waals surface area contributed by atoms with Crippen LogP contribution < -0.4 is 15.4 Å². The van der Waals surface area contributed by atoms with Gasteiger partial charge in [-0.2, -0.15) is 0 Å². The monoisotopic (exact) mass is 294 g/mol. The first-order valence-corrected chi connectivity index (χ1v) is 6.71. The molecule has 0 aliphatic heterocycles. The van der Waals surface area contributed by atoms with Crippen molar-refractivity contribution in [3.63, 3.8) is 0 Å². The molecule has 0 saturated heterocycles. The Labute approximate surface area is 124 Å². The second kappa shape index (κ2) is 7.52. The van der Waals surface area contributed by atoms with E-state index in [9.17, 15) is 9.59 Å². The van der Waals surface area contributed by atoms with Crippen LogP contribution in [0.3, 0.4) is 0 Å². The van der Waals surface area contributed by atoms with Crippen LogP contribution in [0.15, 0.2) is 24.3 Å². The van der Waals surface area contributed by atoms with Gasteiger partial charge in [-0.15, -0.1) is 0 Å². The fourth-order valence-corrected chi connectivity index (χ4v) is 1.52. The van der Waals surface area contributed by atoms with Crippen molar-refractivity contribution in [1.82, 2.24) is 5.32 Å². The number of ether oxygens (including phenoxy) is 2. The van der Waals surface area contributed by atoms with Gasteiger partial charge in [0.15, 0.2) is 0 Å². The van der Waals surface area contributed by atoms with Gasteiger partial charge in [-0.3, -0.25) is 4.79 Å². The third kappa shape index (κ3) is 7.20. The Morgan fingerprint density at radius 2 is 1.95 bits per heavy atom. The largest absolute Gasteiger partial charge is 0.497 e. The summed E-state index contributed by atoms with van der Waals surface area (Å²) in [5.41, 5.74) is 0.101. The highest BCUT2D eigenvalue weighted by Gasteiger charge is 2.15. The number of amides is 2. The van der Waals surface area contributed by atoms with Crippen molar-refractivity contribution < 1.29 is 19.1 Å². The smallest absolute Gasteiger partial charge is 0.407 e. The summed E-state index contributed by atoms with van der Waals surface area (Å²) >= 11 is 0. The summed E-state index contributed by atoms with van der Waals surface area (Å²) in [6.45, 7) is 5.55. The molecular formula is C15H22N2O4.